The monoisotopic (exact) mass is 430 g/mol. The molecular weight excluding hydrogens is 416 g/mol. The van der Waals surface area contributed by atoms with Crippen molar-refractivity contribution in [1.29, 1.82) is 5.41 Å². The summed E-state index contributed by atoms with van der Waals surface area (Å²) in [6.45, 7) is 4.21. The van der Waals surface area contributed by atoms with Crippen molar-refractivity contribution in [3.05, 3.63) is 56.4 Å². The minimum Gasteiger partial charge on any atom is -0.454 e. The first-order chi connectivity index (χ1) is 12.4. The fraction of sp³-hybridized carbons (Fsp3) is 0.158. The van der Waals surface area contributed by atoms with Crippen molar-refractivity contribution in [3.8, 4) is 11.5 Å². The van der Waals surface area contributed by atoms with Crippen molar-refractivity contribution < 1.29 is 14.3 Å². The van der Waals surface area contributed by atoms with Gasteiger partial charge in [-0.15, -0.1) is 0 Å². The number of hydrogen-bond donors (Lipinski definition) is 1. The zero-order chi connectivity index (χ0) is 18.4. The second-order valence-corrected chi connectivity index (χ2v) is 7.94. The summed E-state index contributed by atoms with van der Waals surface area (Å²) in [4.78, 5) is 14.8. The highest BCUT2D eigenvalue weighted by Crippen LogP contribution is 2.40. The van der Waals surface area contributed by atoms with E-state index in [9.17, 15) is 4.79 Å². The maximum Gasteiger partial charge on any atom is 0.271 e. The van der Waals surface area contributed by atoms with Crippen molar-refractivity contribution in [3.63, 3.8) is 0 Å². The number of rotatable bonds is 2. The van der Waals surface area contributed by atoms with Gasteiger partial charge in [-0.1, -0.05) is 22.0 Å². The lowest BCUT2D eigenvalue weighted by Crippen LogP contribution is -2.28. The molecule has 0 saturated carbocycles. The van der Waals surface area contributed by atoms with Crippen LogP contribution in [0.3, 0.4) is 0 Å². The Morgan fingerprint density at radius 1 is 1.15 bits per heavy atom. The van der Waals surface area contributed by atoms with Gasteiger partial charge in [-0.05, 0) is 72.6 Å². The SMILES string of the molecule is Cc1ccc(N2C(=N)S/C(=C/c3cc4c(cc3Br)OCO4)C2=O)cc1C. The molecule has 0 radical (unpaired) electrons. The Kier molecular flexibility index (Phi) is 4.28. The van der Waals surface area contributed by atoms with Gasteiger partial charge >= 0.3 is 0 Å². The van der Waals surface area contributed by atoms with Gasteiger partial charge in [0.25, 0.3) is 5.91 Å². The molecule has 0 aliphatic carbocycles. The van der Waals surface area contributed by atoms with Crippen LogP contribution < -0.4 is 14.4 Å². The standard InChI is InChI=1S/C19H15BrN2O3S/c1-10-3-4-13(5-11(10)2)22-18(23)17(26-19(22)21)7-12-6-15-16(8-14(12)20)25-9-24-15/h3-8,21H,9H2,1-2H3/b17-7+,21-19?. The molecule has 0 atom stereocenters. The van der Waals surface area contributed by atoms with E-state index in [0.29, 0.717) is 22.1 Å². The number of amides is 1. The Bertz CT molecular complexity index is 987. The number of fused-ring (bicyclic) bond motifs is 1. The zero-order valence-electron chi connectivity index (χ0n) is 14.1. The second kappa shape index (κ2) is 6.48. The van der Waals surface area contributed by atoms with Crippen LogP contribution in [0.5, 0.6) is 11.5 Å². The lowest BCUT2D eigenvalue weighted by molar-refractivity contribution is -0.113. The largest absolute Gasteiger partial charge is 0.454 e. The number of anilines is 1. The quantitative estimate of drug-likeness (QED) is 0.691. The first kappa shape index (κ1) is 17.2. The normalized spacial score (nSPS) is 17.5. The predicted octanol–water partition coefficient (Wildman–Crippen LogP) is 4.85. The summed E-state index contributed by atoms with van der Waals surface area (Å²) in [5.41, 5.74) is 3.76. The van der Waals surface area contributed by atoms with E-state index in [1.54, 1.807) is 6.08 Å². The Hall–Kier alpha value is -2.25. The summed E-state index contributed by atoms with van der Waals surface area (Å²) in [6.07, 6.45) is 1.77. The van der Waals surface area contributed by atoms with Crippen LogP contribution in [0.1, 0.15) is 16.7 Å². The lowest BCUT2D eigenvalue weighted by atomic mass is 10.1. The Labute approximate surface area is 163 Å². The molecule has 2 heterocycles. The van der Waals surface area contributed by atoms with E-state index in [-0.39, 0.29) is 17.9 Å². The Morgan fingerprint density at radius 3 is 2.62 bits per heavy atom. The first-order valence-electron chi connectivity index (χ1n) is 7.93. The first-order valence-corrected chi connectivity index (χ1v) is 9.54. The van der Waals surface area contributed by atoms with Gasteiger partial charge in [-0.2, -0.15) is 0 Å². The average molecular weight is 431 g/mol. The van der Waals surface area contributed by atoms with Gasteiger partial charge in [0, 0.05) is 4.47 Å². The number of carbonyl (C=O) groups is 1. The van der Waals surface area contributed by atoms with Gasteiger partial charge in [0.1, 0.15) is 0 Å². The number of carbonyl (C=O) groups excluding carboxylic acids is 1. The smallest absolute Gasteiger partial charge is 0.271 e. The molecule has 4 rings (SSSR count). The molecule has 0 bridgehead atoms. The molecule has 0 spiro atoms. The second-order valence-electron chi connectivity index (χ2n) is 6.05. The van der Waals surface area contributed by atoms with Crippen LogP contribution in [0.25, 0.3) is 6.08 Å². The summed E-state index contributed by atoms with van der Waals surface area (Å²) in [7, 11) is 0. The highest BCUT2D eigenvalue weighted by atomic mass is 79.9. The molecule has 0 aromatic heterocycles. The summed E-state index contributed by atoms with van der Waals surface area (Å²) in [5.74, 6) is 1.12. The van der Waals surface area contributed by atoms with Crippen molar-refractivity contribution in [1.82, 2.24) is 0 Å². The van der Waals surface area contributed by atoms with Crippen molar-refractivity contribution >= 4 is 50.5 Å². The molecule has 26 heavy (non-hydrogen) atoms. The molecule has 2 aliphatic heterocycles. The summed E-state index contributed by atoms with van der Waals surface area (Å²) < 4.78 is 11.6. The summed E-state index contributed by atoms with van der Waals surface area (Å²) in [5, 5.41) is 8.44. The van der Waals surface area contributed by atoms with Crippen LogP contribution in [0.15, 0.2) is 39.7 Å². The molecule has 5 nitrogen and oxygen atoms in total. The minimum atomic E-state index is -0.201. The zero-order valence-corrected chi connectivity index (χ0v) is 16.5. The molecular formula is C19H15BrN2O3S. The molecule has 1 N–H and O–H groups in total. The number of nitrogens with zero attached hydrogens (tertiary/aromatic N) is 1. The van der Waals surface area contributed by atoms with E-state index >= 15 is 0 Å². The van der Waals surface area contributed by atoms with Crippen molar-refractivity contribution in [2.24, 2.45) is 0 Å². The van der Waals surface area contributed by atoms with E-state index < -0.39 is 0 Å². The fourth-order valence-electron chi connectivity index (χ4n) is 2.77. The molecule has 2 aromatic carbocycles. The predicted molar refractivity (Wildman–Crippen MR) is 107 cm³/mol. The Morgan fingerprint density at radius 2 is 1.88 bits per heavy atom. The molecule has 1 amide bonds. The maximum absolute atomic E-state index is 12.9. The number of benzene rings is 2. The van der Waals surface area contributed by atoms with Gasteiger partial charge in [-0.25, -0.2) is 0 Å². The third kappa shape index (κ3) is 2.91. The molecule has 1 fully saturated rings. The molecule has 2 aromatic rings. The fourth-order valence-corrected chi connectivity index (χ4v) is 4.06. The van der Waals surface area contributed by atoms with Crippen LogP contribution in [-0.2, 0) is 4.79 Å². The number of nitrogens with one attached hydrogen (secondary N) is 1. The average Bonchev–Trinajstić information content (AvgIpc) is 3.15. The Balaban J connectivity index is 1.69. The number of ether oxygens (including phenoxy) is 2. The molecule has 132 valence electrons. The van der Waals surface area contributed by atoms with Crippen LogP contribution >= 0.6 is 27.7 Å². The van der Waals surface area contributed by atoms with E-state index in [0.717, 1.165) is 32.9 Å². The molecule has 2 aliphatic rings. The molecule has 7 heteroatoms. The number of halogens is 1. The van der Waals surface area contributed by atoms with Crippen LogP contribution in [0, 0.1) is 19.3 Å². The van der Waals surface area contributed by atoms with Gasteiger partial charge in [0.05, 0.1) is 10.6 Å². The summed E-state index contributed by atoms with van der Waals surface area (Å²) >= 11 is 4.65. The van der Waals surface area contributed by atoms with Gasteiger partial charge < -0.3 is 9.47 Å². The number of aryl methyl sites for hydroxylation is 2. The van der Waals surface area contributed by atoms with Gasteiger partial charge in [0.15, 0.2) is 16.7 Å². The van der Waals surface area contributed by atoms with Crippen molar-refractivity contribution in [2.75, 3.05) is 11.7 Å². The topological polar surface area (TPSA) is 62.6 Å². The highest BCUT2D eigenvalue weighted by molar-refractivity contribution is 9.10. The third-order valence-corrected chi connectivity index (χ3v) is 5.93. The van der Waals surface area contributed by atoms with E-state index in [1.807, 2.05) is 44.2 Å². The number of thioether (sulfide) groups is 1. The van der Waals surface area contributed by atoms with E-state index in [1.165, 1.54) is 4.90 Å². The minimum absolute atomic E-state index is 0.195. The third-order valence-electron chi connectivity index (χ3n) is 4.35. The molecule has 0 unspecified atom stereocenters. The number of amidine groups is 1. The van der Waals surface area contributed by atoms with Crippen LogP contribution in [0.2, 0.25) is 0 Å². The van der Waals surface area contributed by atoms with Gasteiger partial charge in [0.2, 0.25) is 6.79 Å². The molecule has 1 saturated heterocycles. The maximum atomic E-state index is 12.9. The van der Waals surface area contributed by atoms with Crippen LogP contribution in [-0.4, -0.2) is 17.9 Å². The lowest BCUT2D eigenvalue weighted by Gasteiger charge is -2.15. The number of hydrogen-bond acceptors (Lipinski definition) is 5. The van der Waals surface area contributed by atoms with Crippen LogP contribution in [0.4, 0.5) is 5.69 Å². The van der Waals surface area contributed by atoms with Crippen molar-refractivity contribution in [2.45, 2.75) is 13.8 Å². The van der Waals surface area contributed by atoms with Gasteiger partial charge in [-0.3, -0.25) is 15.1 Å². The summed E-state index contributed by atoms with van der Waals surface area (Å²) in [6, 6.07) is 9.42. The van der Waals surface area contributed by atoms with E-state index in [4.69, 9.17) is 14.9 Å². The highest BCUT2D eigenvalue weighted by Gasteiger charge is 2.34. The van der Waals surface area contributed by atoms with E-state index in [2.05, 4.69) is 15.9 Å².